The van der Waals surface area contributed by atoms with Gasteiger partial charge >= 0.3 is 0 Å². The Morgan fingerprint density at radius 3 is 2.93 bits per heavy atom. The average molecular weight is 489 g/mol. The summed E-state index contributed by atoms with van der Waals surface area (Å²) in [4.78, 5) is 10.9. The zero-order valence-corrected chi connectivity index (χ0v) is 17.2. The highest BCUT2D eigenvalue weighted by molar-refractivity contribution is 14.2. The molecule has 0 aliphatic carbocycles. The van der Waals surface area contributed by atoms with Crippen molar-refractivity contribution < 1.29 is 0 Å². The lowest BCUT2D eigenvalue weighted by Crippen LogP contribution is -2.27. The molecule has 1 fully saturated rings. The van der Waals surface area contributed by atoms with Gasteiger partial charge in [0.25, 0.3) is 0 Å². The number of fused-ring (bicyclic) bond motifs is 1. The Morgan fingerprint density at radius 1 is 1.26 bits per heavy atom. The van der Waals surface area contributed by atoms with Crippen molar-refractivity contribution in [1.82, 2.24) is 20.2 Å². The molecule has 3 heterocycles. The summed E-state index contributed by atoms with van der Waals surface area (Å²) < 4.78 is 0. The van der Waals surface area contributed by atoms with E-state index < -0.39 is 0 Å². The van der Waals surface area contributed by atoms with Crippen LogP contribution >= 0.6 is 30.1 Å². The highest BCUT2D eigenvalue weighted by atomic mass is 127. The number of anilines is 3. The lowest BCUT2D eigenvalue weighted by atomic mass is 10.1. The summed E-state index contributed by atoms with van der Waals surface area (Å²) in [6.07, 6.45) is 6.20. The zero-order chi connectivity index (χ0) is 18.6. The molecule has 0 unspecified atom stereocenters. The number of benzene rings is 1. The van der Waals surface area contributed by atoms with E-state index in [0.717, 1.165) is 47.4 Å². The Kier molecular flexibility index (Phi) is 5.45. The van der Waals surface area contributed by atoms with Crippen molar-refractivity contribution in [2.24, 2.45) is 0 Å². The summed E-state index contributed by atoms with van der Waals surface area (Å²) in [6.45, 7) is 1.71. The van der Waals surface area contributed by atoms with Crippen molar-refractivity contribution >= 4 is 58.4 Å². The number of nitrogens with one attached hydrogen (secondary N) is 1. The van der Waals surface area contributed by atoms with Crippen molar-refractivity contribution in [1.29, 1.82) is 0 Å². The molecule has 2 aromatic heterocycles. The molecule has 136 valence electrons. The third-order valence-corrected chi connectivity index (χ3v) is 5.21. The minimum Gasteiger partial charge on any atom is -0.399 e. The number of hydrogen-bond acceptors (Lipinski definition) is 8. The van der Waals surface area contributed by atoms with E-state index in [4.69, 9.17) is 5.73 Å². The van der Waals surface area contributed by atoms with Crippen LogP contribution in [0.2, 0.25) is 0 Å². The van der Waals surface area contributed by atoms with Crippen molar-refractivity contribution in [3.63, 3.8) is 0 Å². The Morgan fingerprint density at radius 2 is 2.11 bits per heavy atom. The maximum atomic E-state index is 5.88. The molecule has 0 radical (unpaired) electrons. The van der Waals surface area contributed by atoms with Gasteiger partial charge in [0.1, 0.15) is 0 Å². The fraction of sp³-hybridized carbons (Fsp3) is 0.222. The van der Waals surface area contributed by atoms with Crippen LogP contribution < -0.4 is 16.0 Å². The van der Waals surface area contributed by atoms with Gasteiger partial charge in [0.2, 0.25) is 5.95 Å². The Balaban J connectivity index is 1.46. The van der Waals surface area contributed by atoms with Gasteiger partial charge in [0.15, 0.2) is 5.82 Å². The molecule has 0 bridgehead atoms. The lowest BCUT2D eigenvalue weighted by Gasteiger charge is -2.19. The van der Waals surface area contributed by atoms with Gasteiger partial charge in [-0.1, -0.05) is 5.92 Å². The largest absolute Gasteiger partial charge is 0.399 e. The molecule has 1 saturated heterocycles. The van der Waals surface area contributed by atoms with E-state index >= 15 is 0 Å². The number of halogens is 1. The summed E-state index contributed by atoms with van der Waals surface area (Å²) >= 11 is 2.14. The van der Waals surface area contributed by atoms with Crippen LogP contribution in [0.15, 0.2) is 36.8 Å². The van der Waals surface area contributed by atoms with Gasteiger partial charge in [-0.25, -0.2) is 9.97 Å². The lowest BCUT2D eigenvalue weighted by molar-refractivity contribution is 0.790. The molecular weight excluding hydrogens is 473 g/mol. The number of aromatic nitrogens is 4. The van der Waals surface area contributed by atoms with Crippen LogP contribution in [0.3, 0.4) is 0 Å². The molecule has 7 nitrogen and oxygen atoms in total. The SMILES string of the molecule is Nc1ccc2c(N3CC[C@@H](Nc4ncc(C#CSI)cn4)C3)nncc2c1. The summed E-state index contributed by atoms with van der Waals surface area (Å²) in [7, 11) is 1.44. The van der Waals surface area contributed by atoms with Crippen LogP contribution in [0, 0.1) is 11.2 Å². The first kappa shape index (κ1) is 18.1. The second kappa shape index (κ2) is 8.14. The van der Waals surface area contributed by atoms with Gasteiger partial charge < -0.3 is 16.0 Å². The molecule has 3 aromatic rings. The zero-order valence-electron chi connectivity index (χ0n) is 14.3. The Labute approximate surface area is 173 Å². The van der Waals surface area contributed by atoms with Crippen molar-refractivity contribution in [3.05, 3.63) is 42.4 Å². The summed E-state index contributed by atoms with van der Waals surface area (Å²) in [5, 5.41) is 16.9. The standard InChI is InChI=1S/C18H16IN7S/c19-27-6-4-12-8-21-18(22-9-12)24-15-3-5-26(11-15)17-16-2-1-14(20)7-13(16)10-23-25-17/h1-2,7-10,15H,3,5,11,20H2,(H,21,22,24)/t15-/m1/s1. The monoisotopic (exact) mass is 489 g/mol. The number of nitrogens with two attached hydrogens (primary N) is 1. The van der Waals surface area contributed by atoms with Gasteiger partial charge in [0, 0.05) is 69.2 Å². The fourth-order valence-corrected chi connectivity index (χ4v) is 3.61. The van der Waals surface area contributed by atoms with Crippen molar-refractivity contribution in [3.8, 4) is 11.2 Å². The summed E-state index contributed by atoms with van der Waals surface area (Å²) in [6, 6.07) is 6.08. The van der Waals surface area contributed by atoms with Gasteiger partial charge in [-0.3, -0.25) is 0 Å². The molecule has 4 rings (SSSR count). The van der Waals surface area contributed by atoms with E-state index in [9.17, 15) is 0 Å². The first-order valence-corrected chi connectivity index (χ1v) is 11.7. The van der Waals surface area contributed by atoms with Crippen LogP contribution in [-0.4, -0.2) is 39.3 Å². The molecular formula is C18H16IN7S. The van der Waals surface area contributed by atoms with E-state index in [0.29, 0.717) is 5.95 Å². The van der Waals surface area contributed by atoms with Crippen molar-refractivity contribution in [2.45, 2.75) is 12.5 Å². The quantitative estimate of drug-likeness (QED) is 0.330. The topological polar surface area (TPSA) is 92.8 Å². The van der Waals surface area contributed by atoms with E-state index in [-0.39, 0.29) is 6.04 Å². The summed E-state index contributed by atoms with van der Waals surface area (Å²) in [5.41, 5.74) is 7.41. The Hall–Kier alpha value is -2.32. The van der Waals surface area contributed by atoms with Crippen LogP contribution in [0.4, 0.5) is 17.5 Å². The van der Waals surface area contributed by atoms with E-state index in [1.165, 1.54) is 8.93 Å². The van der Waals surface area contributed by atoms with Crippen LogP contribution in [0.25, 0.3) is 10.8 Å². The smallest absolute Gasteiger partial charge is 0.222 e. The van der Waals surface area contributed by atoms with E-state index in [1.54, 1.807) is 18.6 Å². The van der Waals surface area contributed by atoms with E-state index in [2.05, 4.69) is 62.8 Å². The van der Waals surface area contributed by atoms with Gasteiger partial charge in [-0.2, -0.15) is 5.10 Å². The maximum absolute atomic E-state index is 5.88. The molecule has 3 N–H and O–H groups in total. The van der Waals surface area contributed by atoms with Gasteiger partial charge in [-0.15, -0.1) is 5.10 Å². The predicted octanol–water partition coefficient (Wildman–Crippen LogP) is 3.09. The van der Waals surface area contributed by atoms with Crippen LogP contribution in [0.5, 0.6) is 0 Å². The highest BCUT2D eigenvalue weighted by Crippen LogP contribution is 2.28. The van der Waals surface area contributed by atoms with E-state index in [1.807, 2.05) is 18.2 Å². The number of nitrogen functional groups attached to an aromatic ring is 1. The second-order valence-electron chi connectivity index (χ2n) is 6.19. The fourth-order valence-electron chi connectivity index (χ4n) is 3.12. The highest BCUT2D eigenvalue weighted by Gasteiger charge is 2.25. The Bertz CT molecular complexity index is 1020. The van der Waals surface area contributed by atoms with Crippen LogP contribution in [-0.2, 0) is 0 Å². The predicted molar refractivity (Wildman–Crippen MR) is 119 cm³/mol. The first-order valence-electron chi connectivity index (χ1n) is 8.36. The second-order valence-corrected chi connectivity index (χ2v) is 7.87. The number of nitrogens with zero attached hydrogens (tertiary/aromatic N) is 5. The summed E-state index contributed by atoms with van der Waals surface area (Å²) in [5.74, 6) is 4.49. The number of rotatable bonds is 3. The molecule has 1 aliphatic rings. The molecule has 1 atom stereocenters. The minimum atomic E-state index is 0.248. The minimum absolute atomic E-state index is 0.248. The molecule has 0 spiro atoms. The molecule has 27 heavy (non-hydrogen) atoms. The normalized spacial score (nSPS) is 16.2. The number of hydrogen-bond donors (Lipinski definition) is 2. The molecule has 0 saturated carbocycles. The third-order valence-electron chi connectivity index (χ3n) is 4.37. The molecule has 9 heteroatoms. The first-order chi connectivity index (χ1) is 13.2. The van der Waals surface area contributed by atoms with Gasteiger partial charge in [0.05, 0.1) is 11.8 Å². The molecule has 1 aromatic carbocycles. The third kappa shape index (κ3) is 4.17. The molecule has 0 amide bonds. The molecule has 1 aliphatic heterocycles. The van der Waals surface area contributed by atoms with Crippen LogP contribution in [0.1, 0.15) is 12.0 Å². The van der Waals surface area contributed by atoms with Gasteiger partial charge in [-0.05, 0) is 38.8 Å². The maximum Gasteiger partial charge on any atom is 0.222 e. The van der Waals surface area contributed by atoms with Crippen molar-refractivity contribution in [2.75, 3.05) is 29.0 Å². The average Bonchev–Trinajstić information content (AvgIpc) is 3.15.